The SMILES string of the molecule is Cc1ccc(-c2noc(C3CC34CCNCC4)n2)cc1. The van der Waals surface area contributed by atoms with Crippen LogP contribution < -0.4 is 5.32 Å². The van der Waals surface area contributed by atoms with E-state index in [2.05, 4.69) is 46.6 Å². The third kappa shape index (κ3) is 1.95. The predicted molar refractivity (Wildman–Crippen MR) is 76.4 cm³/mol. The number of hydrogen-bond acceptors (Lipinski definition) is 4. The zero-order valence-electron chi connectivity index (χ0n) is 11.7. The molecule has 1 saturated heterocycles. The molecule has 1 saturated carbocycles. The van der Waals surface area contributed by atoms with Crippen LogP contribution in [0.25, 0.3) is 11.4 Å². The van der Waals surface area contributed by atoms with E-state index >= 15 is 0 Å². The topological polar surface area (TPSA) is 51.0 Å². The van der Waals surface area contributed by atoms with E-state index in [0.717, 1.165) is 30.4 Å². The Morgan fingerprint density at radius 1 is 1.20 bits per heavy atom. The van der Waals surface area contributed by atoms with Crippen molar-refractivity contribution in [1.29, 1.82) is 0 Å². The molecule has 1 spiro atoms. The maximum atomic E-state index is 5.52. The van der Waals surface area contributed by atoms with Crippen molar-refractivity contribution >= 4 is 0 Å². The number of piperidine rings is 1. The summed E-state index contributed by atoms with van der Waals surface area (Å²) < 4.78 is 5.52. The minimum absolute atomic E-state index is 0.447. The Balaban J connectivity index is 1.56. The second kappa shape index (κ2) is 4.42. The van der Waals surface area contributed by atoms with Crippen molar-refractivity contribution in [2.24, 2.45) is 5.41 Å². The molecule has 104 valence electrons. The van der Waals surface area contributed by atoms with Crippen molar-refractivity contribution in [3.8, 4) is 11.4 Å². The smallest absolute Gasteiger partial charge is 0.230 e. The molecule has 2 aromatic rings. The van der Waals surface area contributed by atoms with Gasteiger partial charge in [-0.3, -0.25) is 0 Å². The van der Waals surface area contributed by atoms with E-state index in [0.29, 0.717) is 11.3 Å². The lowest BCUT2D eigenvalue weighted by atomic mass is 9.92. The van der Waals surface area contributed by atoms with Crippen molar-refractivity contribution in [1.82, 2.24) is 15.5 Å². The third-order valence-corrected chi connectivity index (χ3v) is 4.84. The van der Waals surface area contributed by atoms with Crippen molar-refractivity contribution in [2.45, 2.75) is 32.1 Å². The van der Waals surface area contributed by atoms with Crippen molar-refractivity contribution < 1.29 is 4.52 Å². The average Bonchev–Trinajstić information content (AvgIpc) is 2.96. The Hall–Kier alpha value is -1.68. The Bertz CT molecular complexity index is 611. The number of nitrogens with one attached hydrogen (secondary N) is 1. The summed E-state index contributed by atoms with van der Waals surface area (Å²) in [7, 11) is 0. The number of nitrogens with zero attached hydrogens (tertiary/aromatic N) is 2. The summed E-state index contributed by atoms with van der Waals surface area (Å²) in [6.45, 7) is 4.32. The molecule has 4 nitrogen and oxygen atoms in total. The van der Waals surface area contributed by atoms with Gasteiger partial charge in [0.05, 0.1) is 0 Å². The molecular formula is C16H19N3O. The molecule has 0 amide bonds. The zero-order valence-corrected chi connectivity index (χ0v) is 11.7. The van der Waals surface area contributed by atoms with E-state index in [-0.39, 0.29) is 0 Å². The van der Waals surface area contributed by atoms with Gasteiger partial charge < -0.3 is 9.84 Å². The molecule has 2 heterocycles. The molecule has 1 aliphatic carbocycles. The highest BCUT2D eigenvalue weighted by molar-refractivity contribution is 5.54. The summed E-state index contributed by atoms with van der Waals surface area (Å²) in [5.41, 5.74) is 2.72. The standard InChI is InChI=1S/C16H19N3O/c1-11-2-4-12(5-3-11)14-18-15(20-19-14)13-10-16(13)6-8-17-9-7-16/h2-5,13,17H,6-10H2,1H3. The lowest BCUT2D eigenvalue weighted by Gasteiger charge is -2.22. The summed E-state index contributed by atoms with van der Waals surface area (Å²) in [6, 6.07) is 8.27. The van der Waals surface area contributed by atoms with Crippen LogP contribution in [0.5, 0.6) is 0 Å². The zero-order chi connectivity index (χ0) is 13.6. The van der Waals surface area contributed by atoms with Crippen LogP contribution in [0.1, 0.15) is 36.6 Å². The summed E-state index contributed by atoms with van der Waals surface area (Å²) in [4.78, 5) is 4.62. The van der Waals surface area contributed by atoms with Gasteiger partial charge in [0.25, 0.3) is 0 Å². The first kappa shape index (κ1) is 12.1. The van der Waals surface area contributed by atoms with Crippen LogP contribution in [-0.4, -0.2) is 23.2 Å². The van der Waals surface area contributed by atoms with Gasteiger partial charge in [-0.05, 0) is 44.7 Å². The van der Waals surface area contributed by atoms with Gasteiger partial charge >= 0.3 is 0 Å². The van der Waals surface area contributed by atoms with E-state index in [1.807, 2.05) is 0 Å². The van der Waals surface area contributed by atoms with Crippen LogP contribution in [0, 0.1) is 12.3 Å². The second-order valence-corrected chi connectivity index (χ2v) is 6.19. The lowest BCUT2D eigenvalue weighted by molar-refractivity contribution is 0.311. The highest BCUT2D eigenvalue weighted by Crippen LogP contribution is 2.63. The lowest BCUT2D eigenvalue weighted by Crippen LogP contribution is -2.29. The van der Waals surface area contributed by atoms with Gasteiger partial charge in [0.1, 0.15) is 0 Å². The van der Waals surface area contributed by atoms with Crippen molar-refractivity contribution in [3.05, 3.63) is 35.7 Å². The quantitative estimate of drug-likeness (QED) is 0.910. The van der Waals surface area contributed by atoms with Gasteiger partial charge in [-0.1, -0.05) is 35.0 Å². The number of aromatic nitrogens is 2. The van der Waals surface area contributed by atoms with Crippen LogP contribution in [0.4, 0.5) is 0 Å². The second-order valence-electron chi connectivity index (χ2n) is 6.19. The molecular weight excluding hydrogens is 250 g/mol. The Labute approximate surface area is 118 Å². The van der Waals surface area contributed by atoms with Crippen molar-refractivity contribution in [3.63, 3.8) is 0 Å². The van der Waals surface area contributed by atoms with Crippen LogP contribution in [0.3, 0.4) is 0 Å². The van der Waals surface area contributed by atoms with Gasteiger partial charge in [-0.15, -0.1) is 0 Å². The largest absolute Gasteiger partial charge is 0.339 e. The highest BCUT2D eigenvalue weighted by atomic mass is 16.5. The molecule has 1 unspecified atom stereocenters. The maximum Gasteiger partial charge on any atom is 0.230 e. The van der Waals surface area contributed by atoms with Gasteiger partial charge in [0.15, 0.2) is 0 Å². The average molecular weight is 269 g/mol. The molecule has 2 fully saturated rings. The molecule has 1 N–H and O–H groups in total. The van der Waals surface area contributed by atoms with Crippen LogP contribution in [-0.2, 0) is 0 Å². The van der Waals surface area contributed by atoms with E-state index in [1.54, 1.807) is 0 Å². The van der Waals surface area contributed by atoms with E-state index in [9.17, 15) is 0 Å². The fourth-order valence-corrected chi connectivity index (χ4v) is 3.37. The van der Waals surface area contributed by atoms with Gasteiger partial charge in [0, 0.05) is 11.5 Å². The summed E-state index contributed by atoms with van der Waals surface area (Å²) >= 11 is 0. The maximum absolute atomic E-state index is 5.52. The molecule has 2 aliphatic rings. The van der Waals surface area contributed by atoms with Crippen LogP contribution >= 0.6 is 0 Å². The molecule has 1 aliphatic heterocycles. The number of benzene rings is 1. The Morgan fingerprint density at radius 2 is 1.95 bits per heavy atom. The van der Waals surface area contributed by atoms with Crippen LogP contribution in [0.15, 0.2) is 28.8 Å². The normalized spacial score (nSPS) is 23.9. The summed E-state index contributed by atoms with van der Waals surface area (Å²) in [5.74, 6) is 2.04. The molecule has 1 aromatic carbocycles. The molecule has 4 rings (SSSR count). The molecule has 4 heteroatoms. The molecule has 1 aromatic heterocycles. The van der Waals surface area contributed by atoms with E-state index in [4.69, 9.17) is 4.52 Å². The van der Waals surface area contributed by atoms with E-state index < -0.39 is 0 Å². The predicted octanol–water partition coefficient (Wildman–Crippen LogP) is 2.90. The van der Waals surface area contributed by atoms with Gasteiger partial charge in [0.2, 0.25) is 11.7 Å². The third-order valence-electron chi connectivity index (χ3n) is 4.84. The molecule has 0 radical (unpaired) electrons. The van der Waals surface area contributed by atoms with Gasteiger partial charge in [-0.25, -0.2) is 0 Å². The Kier molecular flexibility index (Phi) is 2.67. The number of rotatable bonds is 2. The van der Waals surface area contributed by atoms with Crippen molar-refractivity contribution in [2.75, 3.05) is 13.1 Å². The van der Waals surface area contributed by atoms with Crippen LogP contribution in [0.2, 0.25) is 0 Å². The fourth-order valence-electron chi connectivity index (χ4n) is 3.37. The first-order valence-electron chi connectivity index (χ1n) is 7.38. The first-order chi connectivity index (χ1) is 9.77. The monoisotopic (exact) mass is 269 g/mol. The molecule has 1 atom stereocenters. The fraction of sp³-hybridized carbons (Fsp3) is 0.500. The summed E-state index contributed by atoms with van der Waals surface area (Å²) in [5, 5.41) is 7.58. The minimum Gasteiger partial charge on any atom is -0.339 e. The summed E-state index contributed by atoms with van der Waals surface area (Å²) in [6.07, 6.45) is 3.68. The molecule has 0 bridgehead atoms. The Morgan fingerprint density at radius 3 is 2.70 bits per heavy atom. The minimum atomic E-state index is 0.447. The first-order valence-corrected chi connectivity index (χ1v) is 7.38. The number of aryl methyl sites for hydroxylation is 1. The van der Waals surface area contributed by atoms with Gasteiger partial charge in [-0.2, -0.15) is 4.98 Å². The van der Waals surface area contributed by atoms with E-state index in [1.165, 1.54) is 24.8 Å². The number of hydrogen-bond donors (Lipinski definition) is 1. The molecule has 20 heavy (non-hydrogen) atoms. The highest BCUT2D eigenvalue weighted by Gasteiger charge is 2.57.